The number of benzene rings is 1. The Morgan fingerprint density at radius 2 is 2.00 bits per heavy atom. The number of carbonyl (C=O) groups excluding carboxylic acids is 1. The first-order chi connectivity index (χ1) is 16.5. The molecule has 0 radical (unpaired) electrons. The summed E-state index contributed by atoms with van der Waals surface area (Å²) in [6.45, 7) is 2.01. The molecule has 184 valence electrons. The van der Waals surface area contributed by atoms with Crippen molar-refractivity contribution in [3.63, 3.8) is 0 Å². The van der Waals surface area contributed by atoms with Gasteiger partial charge in [-0.25, -0.2) is 15.0 Å². The van der Waals surface area contributed by atoms with Crippen LogP contribution in [0.3, 0.4) is 0 Å². The largest absolute Gasteiger partial charge is 0.416 e. The molecule has 3 N–H and O–H groups in total. The van der Waals surface area contributed by atoms with Crippen molar-refractivity contribution in [1.82, 2.24) is 19.9 Å². The molecule has 8 nitrogen and oxygen atoms in total. The lowest BCUT2D eigenvalue weighted by molar-refractivity contribution is -0.137. The molecule has 0 saturated heterocycles. The lowest BCUT2D eigenvalue weighted by Gasteiger charge is -2.15. The number of anilines is 4. The van der Waals surface area contributed by atoms with Crippen LogP contribution in [0.25, 0.3) is 11.3 Å². The van der Waals surface area contributed by atoms with E-state index in [1.54, 1.807) is 44.2 Å². The number of thiol groups is 1. The van der Waals surface area contributed by atoms with Crippen molar-refractivity contribution in [2.24, 2.45) is 0 Å². The fourth-order valence-corrected chi connectivity index (χ4v) is 4.02. The zero-order chi connectivity index (χ0) is 25.3. The number of pyridine rings is 1. The number of carbonyl (C=O) groups is 1. The standard InChI is InChI=1S/C23H24F3N7OS/c1-12-16(6-7-18(28-12)31-19(34)11-33(2)3)30-22-27-10-13-8-20(35)29-17-9-14(23(24,25)26)4-5-15(17)21(13)32-22/h4-7,9-10,20,29,35H,8,11H2,1-3H3,(H,27,30,32)(H,28,31,34). The summed E-state index contributed by atoms with van der Waals surface area (Å²) < 4.78 is 39.7. The molecular formula is C23H24F3N7OS. The number of aromatic nitrogens is 3. The average Bonchev–Trinajstić information content (AvgIpc) is 2.89. The summed E-state index contributed by atoms with van der Waals surface area (Å²) >= 11 is 4.45. The molecule has 0 saturated carbocycles. The fourth-order valence-electron chi connectivity index (χ4n) is 3.69. The highest BCUT2D eigenvalue weighted by atomic mass is 32.1. The predicted octanol–water partition coefficient (Wildman–Crippen LogP) is 4.33. The minimum atomic E-state index is -4.46. The molecule has 1 atom stereocenters. The smallest absolute Gasteiger partial charge is 0.373 e. The van der Waals surface area contributed by atoms with Crippen LogP contribution in [0.15, 0.2) is 36.5 Å². The third-order valence-corrected chi connectivity index (χ3v) is 5.57. The number of amides is 1. The van der Waals surface area contributed by atoms with Crippen LogP contribution in [-0.4, -0.2) is 51.8 Å². The Labute approximate surface area is 205 Å². The molecule has 1 amide bonds. The monoisotopic (exact) mass is 503 g/mol. The molecule has 3 aromatic rings. The molecule has 1 aliphatic heterocycles. The Morgan fingerprint density at radius 3 is 2.69 bits per heavy atom. The molecule has 2 aromatic heterocycles. The van der Waals surface area contributed by atoms with Crippen LogP contribution in [0.5, 0.6) is 0 Å². The lowest BCUT2D eigenvalue weighted by atomic mass is 10.0. The van der Waals surface area contributed by atoms with Crippen LogP contribution in [-0.2, 0) is 17.4 Å². The van der Waals surface area contributed by atoms with Crippen molar-refractivity contribution in [3.05, 3.63) is 53.3 Å². The van der Waals surface area contributed by atoms with E-state index >= 15 is 0 Å². The average molecular weight is 504 g/mol. The molecule has 0 aliphatic carbocycles. The van der Waals surface area contributed by atoms with Crippen molar-refractivity contribution in [2.45, 2.75) is 24.9 Å². The number of hydrogen-bond donors (Lipinski definition) is 4. The predicted molar refractivity (Wildman–Crippen MR) is 132 cm³/mol. The van der Waals surface area contributed by atoms with Gasteiger partial charge in [-0.2, -0.15) is 25.8 Å². The normalized spacial score (nSPS) is 15.0. The highest BCUT2D eigenvalue weighted by Crippen LogP contribution is 2.39. The number of likely N-dealkylation sites (N-methyl/N-ethyl adjacent to an activating group) is 1. The van der Waals surface area contributed by atoms with E-state index in [2.05, 4.69) is 43.5 Å². The van der Waals surface area contributed by atoms with Gasteiger partial charge in [0.15, 0.2) is 0 Å². The van der Waals surface area contributed by atoms with Crippen molar-refractivity contribution in [2.75, 3.05) is 36.6 Å². The molecule has 35 heavy (non-hydrogen) atoms. The highest BCUT2D eigenvalue weighted by molar-refractivity contribution is 7.81. The second-order valence-corrected chi connectivity index (χ2v) is 9.05. The second-order valence-electron chi connectivity index (χ2n) is 8.43. The maximum Gasteiger partial charge on any atom is 0.416 e. The van der Waals surface area contributed by atoms with E-state index in [0.29, 0.717) is 40.6 Å². The lowest BCUT2D eigenvalue weighted by Crippen LogP contribution is -2.27. The van der Waals surface area contributed by atoms with Gasteiger partial charge < -0.3 is 20.9 Å². The van der Waals surface area contributed by atoms with Crippen LogP contribution in [0.2, 0.25) is 0 Å². The van der Waals surface area contributed by atoms with Gasteiger partial charge >= 0.3 is 6.18 Å². The number of nitrogens with one attached hydrogen (secondary N) is 3. The first kappa shape index (κ1) is 24.7. The van der Waals surface area contributed by atoms with Crippen molar-refractivity contribution >= 4 is 41.7 Å². The van der Waals surface area contributed by atoms with Crippen molar-refractivity contribution in [1.29, 1.82) is 0 Å². The van der Waals surface area contributed by atoms with E-state index in [4.69, 9.17) is 0 Å². The van der Waals surface area contributed by atoms with E-state index in [1.807, 2.05) is 0 Å². The van der Waals surface area contributed by atoms with Gasteiger partial charge in [-0.05, 0) is 50.8 Å². The fraction of sp³-hybridized carbons (Fsp3) is 0.304. The molecule has 1 unspecified atom stereocenters. The topological polar surface area (TPSA) is 95.1 Å². The maximum atomic E-state index is 13.2. The number of fused-ring (bicyclic) bond motifs is 3. The number of alkyl halides is 3. The molecule has 0 fully saturated rings. The number of aryl methyl sites for hydroxylation is 1. The number of hydrogen-bond acceptors (Lipinski definition) is 8. The van der Waals surface area contributed by atoms with Gasteiger partial charge in [0.1, 0.15) is 5.82 Å². The number of halogens is 3. The van der Waals surface area contributed by atoms with E-state index in [-0.39, 0.29) is 18.4 Å². The molecule has 4 rings (SSSR count). The van der Waals surface area contributed by atoms with Gasteiger partial charge in [0.25, 0.3) is 0 Å². The van der Waals surface area contributed by atoms with E-state index < -0.39 is 17.1 Å². The summed E-state index contributed by atoms with van der Waals surface area (Å²) in [4.78, 5) is 27.1. The summed E-state index contributed by atoms with van der Waals surface area (Å²) in [6, 6.07) is 6.92. The van der Waals surface area contributed by atoms with Crippen LogP contribution in [0.4, 0.5) is 36.3 Å². The summed E-state index contributed by atoms with van der Waals surface area (Å²) in [6.07, 6.45) is -2.39. The Balaban J connectivity index is 1.62. The Hall–Kier alpha value is -3.38. The van der Waals surface area contributed by atoms with E-state index in [1.165, 1.54) is 6.07 Å². The van der Waals surface area contributed by atoms with Gasteiger partial charge in [0.2, 0.25) is 11.9 Å². The first-order valence-corrected chi connectivity index (χ1v) is 11.2. The van der Waals surface area contributed by atoms with E-state index in [9.17, 15) is 18.0 Å². The maximum absolute atomic E-state index is 13.2. The van der Waals surface area contributed by atoms with E-state index in [0.717, 1.165) is 17.7 Å². The van der Waals surface area contributed by atoms with Crippen molar-refractivity contribution in [3.8, 4) is 11.3 Å². The quantitative estimate of drug-likeness (QED) is 0.385. The van der Waals surface area contributed by atoms with Gasteiger partial charge in [-0.1, -0.05) is 6.07 Å². The summed E-state index contributed by atoms with van der Waals surface area (Å²) in [5, 5.41) is 8.47. The third-order valence-electron chi connectivity index (χ3n) is 5.26. The summed E-state index contributed by atoms with van der Waals surface area (Å²) in [5.74, 6) is 0.504. The minimum Gasteiger partial charge on any atom is -0.373 e. The molecule has 3 heterocycles. The zero-order valence-electron chi connectivity index (χ0n) is 19.2. The molecule has 0 spiro atoms. The van der Waals surface area contributed by atoms with Crippen LogP contribution >= 0.6 is 12.6 Å². The highest BCUT2D eigenvalue weighted by Gasteiger charge is 2.32. The minimum absolute atomic E-state index is 0.180. The molecule has 12 heteroatoms. The van der Waals surface area contributed by atoms with Gasteiger partial charge in [-0.15, -0.1) is 0 Å². The number of rotatable bonds is 5. The van der Waals surface area contributed by atoms with Gasteiger partial charge in [0.05, 0.1) is 34.6 Å². The molecule has 1 aromatic carbocycles. The molecule has 1 aliphatic rings. The molecular weight excluding hydrogens is 479 g/mol. The van der Waals surface area contributed by atoms with Gasteiger partial charge in [0, 0.05) is 23.9 Å². The third kappa shape index (κ3) is 5.82. The molecule has 0 bridgehead atoms. The van der Waals surface area contributed by atoms with Crippen LogP contribution in [0, 0.1) is 6.92 Å². The zero-order valence-corrected chi connectivity index (χ0v) is 20.1. The Kier molecular flexibility index (Phi) is 6.86. The Morgan fingerprint density at radius 1 is 1.23 bits per heavy atom. The SMILES string of the molecule is Cc1nc(NC(=O)CN(C)C)ccc1Nc1ncc2c(n1)-c1ccc(C(F)(F)F)cc1NC(S)C2. The van der Waals surface area contributed by atoms with Crippen molar-refractivity contribution < 1.29 is 18.0 Å². The van der Waals surface area contributed by atoms with Gasteiger partial charge in [-0.3, -0.25) is 4.79 Å². The summed E-state index contributed by atoms with van der Waals surface area (Å²) in [5.41, 5.74) is 2.60. The second kappa shape index (κ2) is 9.70. The number of nitrogens with zero attached hydrogens (tertiary/aromatic N) is 4. The Bertz CT molecular complexity index is 1270. The van der Waals surface area contributed by atoms with Crippen LogP contribution < -0.4 is 16.0 Å². The van der Waals surface area contributed by atoms with Crippen LogP contribution in [0.1, 0.15) is 16.8 Å². The first-order valence-electron chi connectivity index (χ1n) is 10.7. The summed E-state index contributed by atoms with van der Waals surface area (Å²) in [7, 11) is 3.60.